The van der Waals surface area contributed by atoms with Crippen molar-refractivity contribution in [3.05, 3.63) is 0 Å². The number of rotatable bonds is 0. The molecular weight excluding hydrogens is 162 g/mol. The van der Waals surface area contributed by atoms with Crippen LogP contribution >= 0.6 is 0 Å². The maximum atomic E-state index is 10.2. The average molecular weight is 179 g/mol. The first-order valence-corrected chi connectivity index (χ1v) is 5.52. The van der Waals surface area contributed by atoms with E-state index in [1.54, 1.807) is 0 Å². The van der Waals surface area contributed by atoms with E-state index in [2.05, 4.69) is 4.99 Å². The molecule has 72 valence electrons. The van der Waals surface area contributed by atoms with Gasteiger partial charge in [0.05, 0.1) is 5.60 Å². The lowest BCUT2D eigenvalue weighted by Crippen LogP contribution is -2.39. The molecule has 2 saturated carbocycles. The number of fused-ring (bicyclic) bond motifs is 4. The van der Waals surface area contributed by atoms with Crippen molar-refractivity contribution in [1.82, 2.24) is 0 Å². The van der Waals surface area contributed by atoms with Gasteiger partial charge in [0.1, 0.15) is 0 Å². The summed E-state index contributed by atoms with van der Waals surface area (Å²) in [5, 5.41) is 10.2. The second kappa shape index (κ2) is 2.57. The van der Waals surface area contributed by atoms with Crippen molar-refractivity contribution in [1.29, 1.82) is 0 Å². The van der Waals surface area contributed by atoms with Crippen LogP contribution in [0, 0.1) is 11.8 Å². The van der Waals surface area contributed by atoms with E-state index in [9.17, 15) is 5.11 Å². The van der Waals surface area contributed by atoms with Gasteiger partial charge < -0.3 is 5.11 Å². The van der Waals surface area contributed by atoms with Gasteiger partial charge in [0, 0.05) is 18.7 Å². The van der Waals surface area contributed by atoms with E-state index in [1.165, 1.54) is 25.0 Å². The Balaban J connectivity index is 1.94. The first-order valence-electron chi connectivity index (χ1n) is 5.52. The standard InChI is InChI=1S/C11H17NO/c13-11-4-3-8(6-11)9-2-1-5-12-10(9)7-11/h8-9,13H,1-7H2/t8-,9-,11-/m0/s1. The molecule has 0 radical (unpaired) electrons. The fourth-order valence-electron chi connectivity index (χ4n) is 3.50. The maximum Gasteiger partial charge on any atom is 0.0702 e. The second-order valence-corrected chi connectivity index (χ2v) is 5.03. The van der Waals surface area contributed by atoms with Crippen LogP contribution in [0.2, 0.25) is 0 Å². The topological polar surface area (TPSA) is 32.6 Å². The van der Waals surface area contributed by atoms with Gasteiger partial charge in [0.2, 0.25) is 0 Å². The highest BCUT2D eigenvalue weighted by molar-refractivity contribution is 5.89. The van der Waals surface area contributed by atoms with Crippen LogP contribution in [-0.4, -0.2) is 23.0 Å². The number of aliphatic hydroxyl groups is 1. The normalized spacial score (nSPS) is 48.5. The van der Waals surface area contributed by atoms with E-state index in [1.807, 2.05) is 0 Å². The molecular formula is C11H17NO. The van der Waals surface area contributed by atoms with E-state index >= 15 is 0 Å². The zero-order valence-electron chi connectivity index (χ0n) is 8.00. The summed E-state index contributed by atoms with van der Waals surface area (Å²) in [6.45, 7) is 1.01. The van der Waals surface area contributed by atoms with Crippen molar-refractivity contribution < 1.29 is 5.11 Å². The Bertz CT molecular complexity index is 261. The fraction of sp³-hybridized carbons (Fsp3) is 0.909. The molecule has 2 nitrogen and oxygen atoms in total. The summed E-state index contributed by atoms with van der Waals surface area (Å²) in [4.78, 5) is 4.59. The molecule has 13 heavy (non-hydrogen) atoms. The number of hydrogen-bond donors (Lipinski definition) is 1. The number of aliphatic imine (C=N–C) groups is 1. The first-order chi connectivity index (χ1) is 6.27. The lowest BCUT2D eigenvalue weighted by molar-refractivity contribution is 0.0391. The van der Waals surface area contributed by atoms with E-state index < -0.39 is 0 Å². The molecule has 3 aliphatic rings. The summed E-state index contributed by atoms with van der Waals surface area (Å²) in [7, 11) is 0. The molecule has 2 bridgehead atoms. The van der Waals surface area contributed by atoms with Crippen LogP contribution in [0.4, 0.5) is 0 Å². The quantitative estimate of drug-likeness (QED) is 0.604. The second-order valence-electron chi connectivity index (χ2n) is 5.03. The third kappa shape index (κ3) is 1.15. The summed E-state index contributed by atoms with van der Waals surface area (Å²) < 4.78 is 0. The predicted molar refractivity (Wildman–Crippen MR) is 51.9 cm³/mol. The van der Waals surface area contributed by atoms with Crippen molar-refractivity contribution in [2.75, 3.05) is 6.54 Å². The molecule has 0 spiro atoms. The molecule has 0 aromatic rings. The lowest BCUT2D eigenvalue weighted by Gasteiger charge is -2.37. The third-order valence-corrected chi connectivity index (χ3v) is 4.12. The Kier molecular flexibility index (Phi) is 1.58. The van der Waals surface area contributed by atoms with Crippen molar-refractivity contribution in [2.45, 2.75) is 44.1 Å². The van der Waals surface area contributed by atoms with Gasteiger partial charge in [-0.1, -0.05) is 0 Å². The van der Waals surface area contributed by atoms with Crippen molar-refractivity contribution in [3.8, 4) is 0 Å². The van der Waals surface area contributed by atoms with Gasteiger partial charge in [-0.15, -0.1) is 0 Å². The third-order valence-electron chi connectivity index (χ3n) is 4.12. The van der Waals surface area contributed by atoms with Gasteiger partial charge in [-0.25, -0.2) is 0 Å². The zero-order chi connectivity index (χ0) is 8.89. The van der Waals surface area contributed by atoms with Gasteiger partial charge in [-0.05, 0) is 43.9 Å². The predicted octanol–water partition coefficient (Wildman–Crippen LogP) is 1.77. The summed E-state index contributed by atoms with van der Waals surface area (Å²) in [6.07, 6.45) is 6.79. The van der Waals surface area contributed by atoms with Gasteiger partial charge in [0.25, 0.3) is 0 Å². The monoisotopic (exact) mass is 179 g/mol. The summed E-state index contributed by atoms with van der Waals surface area (Å²) in [5.74, 6) is 1.51. The van der Waals surface area contributed by atoms with E-state index in [-0.39, 0.29) is 5.60 Å². The van der Waals surface area contributed by atoms with E-state index in [4.69, 9.17) is 0 Å². The van der Waals surface area contributed by atoms with Crippen LogP contribution in [0.5, 0.6) is 0 Å². The Hall–Kier alpha value is -0.370. The Morgan fingerprint density at radius 2 is 2.31 bits per heavy atom. The highest BCUT2D eigenvalue weighted by Gasteiger charge is 2.48. The minimum absolute atomic E-state index is 0.350. The van der Waals surface area contributed by atoms with Crippen molar-refractivity contribution >= 4 is 5.71 Å². The summed E-state index contributed by atoms with van der Waals surface area (Å²) >= 11 is 0. The van der Waals surface area contributed by atoms with E-state index in [0.717, 1.165) is 37.6 Å². The summed E-state index contributed by atoms with van der Waals surface area (Å²) in [6, 6.07) is 0. The minimum atomic E-state index is -0.350. The van der Waals surface area contributed by atoms with Crippen LogP contribution in [-0.2, 0) is 0 Å². The van der Waals surface area contributed by atoms with Gasteiger partial charge in [-0.2, -0.15) is 0 Å². The average Bonchev–Trinajstić information content (AvgIpc) is 2.43. The van der Waals surface area contributed by atoms with E-state index in [0.29, 0.717) is 0 Å². The minimum Gasteiger partial charge on any atom is -0.389 e. The van der Waals surface area contributed by atoms with Gasteiger partial charge in [-0.3, -0.25) is 4.99 Å². The molecule has 2 aliphatic carbocycles. The first kappa shape index (κ1) is 7.98. The SMILES string of the molecule is O[C@@]12CC[C@@H](C1)[C@@H]1CCCN=C1C2. The number of nitrogens with zero attached hydrogens (tertiary/aromatic N) is 1. The highest BCUT2D eigenvalue weighted by atomic mass is 16.3. The molecule has 1 N–H and O–H groups in total. The van der Waals surface area contributed by atoms with Crippen LogP contribution in [0.1, 0.15) is 38.5 Å². The summed E-state index contributed by atoms with van der Waals surface area (Å²) in [5.41, 5.74) is 1.000. The fourth-order valence-corrected chi connectivity index (χ4v) is 3.50. The molecule has 2 fully saturated rings. The zero-order valence-corrected chi connectivity index (χ0v) is 8.00. The smallest absolute Gasteiger partial charge is 0.0702 e. The van der Waals surface area contributed by atoms with Crippen LogP contribution < -0.4 is 0 Å². The Morgan fingerprint density at radius 3 is 3.23 bits per heavy atom. The molecule has 3 atom stereocenters. The molecule has 0 amide bonds. The van der Waals surface area contributed by atoms with Crippen LogP contribution in [0.25, 0.3) is 0 Å². The molecule has 2 heteroatoms. The molecule has 1 aliphatic heterocycles. The molecule has 0 aromatic heterocycles. The molecule has 0 saturated heterocycles. The van der Waals surface area contributed by atoms with Crippen molar-refractivity contribution in [2.24, 2.45) is 16.8 Å². The number of hydrogen-bond acceptors (Lipinski definition) is 2. The van der Waals surface area contributed by atoms with Crippen molar-refractivity contribution in [3.63, 3.8) is 0 Å². The van der Waals surface area contributed by atoms with Gasteiger partial charge in [0.15, 0.2) is 0 Å². The lowest BCUT2D eigenvalue weighted by atomic mass is 9.73. The van der Waals surface area contributed by atoms with Crippen LogP contribution in [0.3, 0.4) is 0 Å². The largest absolute Gasteiger partial charge is 0.389 e. The van der Waals surface area contributed by atoms with Gasteiger partial charge >= 0.3 is 0 Å². The molecule has 0 unspecified atom stereocenters. The Labute approximate surface area is 79.1 Å². The molecule has 0 aromatic carbocycles. The molecule has 1 heterocycles. The maximum absolute atomic E-state index is 10.2. The highest BCUT2D eigenvalue weighted by Crippen LogP contribution is 2.48. The molecule has 3 rings (SSSR count). The Morgan fingerprint density at radius 1 is 1.38 bits per heavy atom. The van der Waals surface area contributed by atoms with Crippen LogP contribution in [0.15, 0.2) is 4.99 Å².